The van der Waals surface area contributed by atoms with Gasteiger partial charge in [0.05, 0.1) is 30.3 Å². The van der Waals surface area contributed by atoms with Crippen molar-refractivity contribution in [2.24, 2.45) is 0 Å². The Morgan fingerprint density at radius 3 is 2.61 bits per heavy atom. The zero-order valence-electron chi connectivity index (χ0n) is 17.0. The molecular formula is C20H27BrN2O5. The van der Waals surface area contributed by atoms with Gasteiger partial charge in [-0.05, 0) is 60.8 Å². The molecule has 28 heavy (non-hydrogen) atoms. The summed E-state index contributed by atoms with van der Waals surface area (Å²) in [5.41, 5.74) is 1.03. The number of carbonyl (C=O) groups is 2. The lowest BCUT2D eigenvalue weighted by molar-refractivity contribution is 0.0141. The molecule has 0 aromatic heterocycles. The first-order chi connectivity index (χ1) is 13.1. The van der Waals surface area contributed by atoms with Crippen molar-refractivity contribution in [1.82, 2.24) is 9.80 Å². The molecule has 1 saturated heterocycles. The molecule has 3 rings (SSSR count). The Morgan fingerprint density at radius 1 is 1.29 bits per heavy atom. The summed E-state index contributed by atoms with van der Waals surface area (Å²) in [4.78, 5) is 29.2. The highest BCUT2D eigenvalue weighted by atomic mass is 79.9. The number of hydrogen-bond acceptors (Lipinski definition) is 5. The second kappa shape index (κ2) is 7.91. The molecular weight excluding hydrogens is 428 g/mol. The molecule has 7 nitrogen and oxygen atoms in total. The van der Waals surface area contributed by atoms with Gasteiger partial charge in [-0.2, -0.15) is 0 Å². The lowest BCUT2D eigenvalue weighted by atomic mass is 10.1. The van der Waals surface area contributed by atoms with Crippen molar-refractivity contribution in [3.05, 3.63) is 27.7 Å². The van der Waals surface area contributed by atoms with E-state index in [0.29, 0.717) is 37.4 Å². The van der Waals surface area contributed by atoms with E-state index in [-0.39, 0.29) is 24.1 Å². The molecule has 8 heteroatoms. The van der Waals surface area contributed by atoms with E-state index in [1.165, 1.54) is 0 Å². The first-order valence-corrected chi connectivity index (χ1v) is 10.1. The Balaban J connectivity index is 1.79. The molecule has 0 bridgehead atoms. The van der Waals surface area contributed by atoms with E-state index >= 15 is 0 Å². The monoisotopic (exact) mass is 454 g/mol. The normalized spacial score (nSPS) is 21.9. The summed E-state index contributed by atoms with van der Waals surface area (Å²) in [6, 6.07) is 3.49. The van der Waals surface area contributed by atoms with Crippen LogP contribution < -0.4 is 4.74 Å². The maximum atomic E-state index is 13.0. The Morgan fingerprint density at radius 2 is 2.00 bits per heavy atom. The van der Waals surface area contributed by atoms with Gasteiger partial charge < -0.3 is 24.0 Å². The number of ether oxygens (including phenoxy) is 3. The lowest BCUT2D eigenvalue weighted by Crippen LogP contribution is -2.43. The summed E-state index contributed by atoms with van der Waals surface area (Å²) >= 11 is 3.45. The van der Waals surface area contributed by atoms with Crippen LogP contribution in [-0.2, 0) is 16.0 Å². The van der Waals surface area contributed by atoms with Crippen LogP contribution in [0.3, 0.4) is 0 Å². The highest BCUT2D eigenvalue weighted by molar-refractivity contribution is 9.10. The van der Waals surface area contributed by atoms with Gasteiger partial charge >= 0.3 is 6.09 Å². The molecule has 2 atom stereocenters. The molecule has 0 unspecified atom stereocenters. The third kappa shape index (κ3) is 4.12. The minimum absolute atomic E-state index is 0.0226. The number of halogens is 1. The van der Waals surface area contributed by atoms with Crippen LogP contribution in [0.2, 0.25) is 0 Å². The van der Waals surface area contributed by atoms with Crippen molar-refractivity contribution in [1.29, 1.82) is 0 Å². The first-order valence-electron chi connectivity index (χ1n) is 9.30. The number of methoxy groups -OCH3 is 2. The number of carbonyl (C=O) groups excluding carboxylic acids is 2. The SMILES string of the molecule is COC[C@@H]1C[C@@H](N2Cc3cc(OC)c(Br)cc3C2=O)CN1C(=O)OC(C)(C)C. The number of fused-ring (bicyclic) bond motifs is 1. The predicted octanol–water partition coefficient (Wildman–Crippen LogP) is 3.44. The van der Waals surface area contributed by atoms with Gasteiger partial charge in [0.15, 0.2) is 0 Å². The standard InChI is InChI=1S/C20H27BrN2O5/c1-20(2,3)28-19(25)23-10-13(7-14(23)11-26-4)22-9-12-6-17(27-5)16(21)8-15(12)18(22)24/h6,8,13-14H,7,9-11H2,1-5H3/t13-,14+/m1/s1. The van der Waals surface area contributed by atoms with E-state index in [2.05, 4.69) is 15.9 Å². The van der Waals surface area contributed by atoms with Crippen molar-refractivity contribution >= 4 is 27.9 Å². The Labute approximate surface area is 174 Å². The predicted molar refractivity (Wildman–Crippen MR) is 108 cm³/mol. The summed E-state index contributed by atoms with van der Waals surface area (Å²) in [5.74, 6) is 0.679. The fourth-order valence-electron chi connectivity index (χ4n) is 3.80. The van der Waals surface area contributed by atoms with Crippen molar-refractivity contribution in [3.8, 4) is 5.75 Å². The summed E-state index contributed by atoms with van der Waals surface area (Å²) in [5, 5.41) is 0. The van der Waals surface area contributed by atoms with Crippen molar-refractivity contribution in [2.45, 2.75) is 51.4 Å². The largest absolute Gasteiger partial charge is 0.496 e. The van der Waals surface area contributed by atoms with Gasteiger partial charge in [0, 0.05) is 25.8 Å². The van der Waals surface area contributed by atoms with Gasteiger partial charge in [-0.15, -0.1) is 0 Å². The molecule has 1 aromatic carbocycles. The molecule has 0 radical (unpaired) electrons. The van der Waals surface area contributed by atoms with Gasteiger partial charge in [-0.25, -0.2) is 4.79 Å². The van der Waals surface area contributed by atoms with Gasteiger partial charge in [-0.1, -0.05) is 0 Å². The number of hydrogen-bond donors (Lipinski definition) is 0. The van der Waals surface area contributed by atoms with Crippen LogP contribution in [0, 0.1) is 0 Å². The van der Waals surface area contributed by atoms with Crippen molar-refractivity contribution < 1.29 is 23.8 Å². The van der Waals surface area contributed by atoms with E-state index < -0.39 is 5.60 Å². The molecule has 2 aliphatic heterocycles. The first kappa shape index (κ1) is 20.9. The lowest BCUT2D eigenvalue weighted by Gasteiger charge is -2.28. The molecule has 0 spiro atoms. The van der Waals surface area contributed by atoms with E-state index in [0.717, 1.165) is 10.0 Å². The fraction of sp³-hybridized carbons (Fsp3) is 0.600. The second-order valence-electron chi connectivity index (χ2n) is 8.21. The van der Waals surface area contributed by atoms with Crippen molar-refractivity contribution in [2.75, 3.05) is 27.4 Å². The molecule has 1 aromatic rings. The number of rotatable bonds is 4. The molecule has 1 fully saturated rings. The Kier molecular flexibility index (Phi) is 5.91. The second-order valence-corrected chi connectivity index (χ2v) is 9.06. The van der Waals surface area contributed by atoms with Crippen LogP contribution in [0.4, 0.5) is 4.79 Å². The number of amides is 2. The number of likely N-dealkylation sites (tertiary alicyclic amines) is 1. The molecule has 0 aliphatic carbocycles. The number of nitrogens with zero attached hydrogens (tertiary/aromatic N) is 2. The topological polar surface area (TPSA) is 68.3 Å². The minimum Gasteiger partial charge on any atom is -0.496 e. The average Bonchev–Trinajstić information content (AvgIpc) is 3.15. The summed E-state index contributed by atoms with van der Waals surface area (Å²) < 4.78 is 17.0. The van der Waals surface area contributed by atoms with Gasteiger partial charge in [0.25, 0.3) is 5.91 Å². The molecule has 154 valence electrons. The smallest absolute Gasteiger partial charge is 0.410 e. The quantitative estimate of drug-likeness (QED) is 0.696. The highest BCUT2D eigenvalue weighted by Crippen LogP contribution is 2.36. The summed E-state index contributed by atoms with van der Waals surface area (Å²) in [6.07, 6.45) is 0.288. The zero-order valence-corrected chi connectivity index (χ0v) is 18.5. The molecule has 2 aliphatic rings. The van der Waals surface area contributed by atoms with Crippen LogP contribution in [-0.4, -0.2) is 66.9 Å². The van der Waals surface area contributed by atoms with Crippen LogP contribution in [0.1, 0.15) is 43.1 Å². The van der Waals surface area contributed by atoms with Gasteiger partial charge in [0.1, 0.15) is 11.4 Å². The highest BCUT2D eigenvalue weighted by Gasteiger charge is 2.43. The van der Waals surface area contributed by atoms with Crippen LogP contribution in [0.25, 0.3) is 0 Å². The van der Waals surface area contributed by atoms with E-state index in [1.54, 1.807) is 19.1 Å². The van der Waals surface area contributed by atoms with E-state index in [1.807, 2.05) is 37.8 Å². The van der Waals surface area contributed by atoms with Crippen molar-refractivity contribution in [3.63, 3.8) is 0 Å². The van der Waals surface area contributed by atoms with Crippen LogP contribution >= 0.6 is 15.9 Å². The number of benzene rings is 1. The van der Waals surface area contributed by atoms with E-state index in [4.69, 9.17) is 14.2 Å². The summed E-state index contributed by atoms with van der Waals surface area (Å²) in [6.45, 7) is 6.87. The Hall–Kier alpha value is -1.80. The fourth-order valence-corrected chi connectivity index (χ4v) is 4.30. The molecule has 2 amide bonds. The third-order valence-electron chi connectivity index (χ3n) is 5.03. The van der Waals surface area contributed by atoms with Gasteiger partial charge in [0.2, 0.25) is 0 Å². The Bertz CT molecular complexity index is 777. The maximum Gasteiger partial charge on any atom is 0.410 e. The molecule has 0 N–H and O–H groups in total. The van der Waals surface area contributed by atoms with Gasteiger partial charge in [-0.3, -0.25) is 4.79 Å². The van der Waals surface area contributed by atoms with Crippen LogP contribution in [0.15, 0.2) is 16.6 Å². The van der Waals surface area contributed by atoms with E-state index in [9.17, 15) is 9.59 Å². The third-order valence-corrected chi connectivity index (χ3v) is 5.65. The zero-order chi connectivity index (χ0) is 20.6. The summed E-state index contributed by atoms with van der Waals surface area (Å²) in [7, 11) is 3.22. The molecule has 2 heterocycles. The minimum atomic E-state index is -0.574. The molecule has 0 saturated carbocycles. The maximum absolute atomic E-state index is 13.0. The van der Waals surface area contributed by atoms with Crippen LogP contribution in [0.5, 0.6) is 5.75 Å². The average molecular weight is 455 g/mol.